The Morgan fingerprint density at radius 3 is 2.04 bits per heavy atom. The Labute approximate surface area is 157 Å². The van der Waals surface area contributed by atoms with Crippen molar-refractivity contribution < 1.29 is 0 Å². The Hall–Kier alpha value is -3.44. The van der Waals surface area contributed by atoms with Crippen LogP contribution in [0, 0.1) is 0 Å². The Balaban J connectivity index is 1.36. The van der Waals surface area contributed by atoms with E-state index in [1.165, 1.54) is 11.1 Å². The van der Waals surface area contributed by atoms with E-state index in [1.54, 1.807) is 6.33 Å². The van der Waals surface area contributed by atoms with Gasteiger partial charge in [-0.3, -0.25) is 0 Å². The molecule has 0 radical (unpaired) electrons. The van der Waals surface area contributed by atoms with Crippen LogP contribution in [-0.4, -0.2) is 26.5 Å². The van der Waals surface area contributed by atoms with Gasteiger partial charge >= 0.3 is 0 Å². The predicted molar refractivity (Wildman–Crippen MR) is 107 cm³/mol. The van der Waals surface area contributed by atoms with Gasteiger partial charge in [-0.15, -0.1) is 0 Å². The number of nitrogens with one attached hydrogen (secondary N) is 3. The first-order chi connectivity index (χ1) is 13.4. The van der Waals surface area contributed by atoms with Crippen molar-refractivity contribution >= 4 is 0 Å². The predicted octanol–water partition coefficient (Wildman–Crippen LogP) is 4.33. The molecule has 27 heavy (non-hydrogen) atoms. The summed E-state index contributed by atoms with van der Waals surface area (Å²) in [6.07, 6.45) is 9.69. The molecule has 2 aromatic carbocycles. The Kier molecular flexibility index (Phi) is 3.92. The molecule has 0 unspecified atom stereocenters. The SMILES string of the molecule is C1=C[C@@H](c2ncc(-c3ccc(-c4ccc(-c5cnc[nH]5)cc4)cc3)[nH]2)NC1. The highest BCUT2D eigenvalue weighted by Gasteiger charge is 2.14. The average molecular weight is 353 g/mol. The van der Waals surface area contributed by atoms with Crippen LogP contribution in [0.3, 0.4) is 0 Å². The van der Waals surface area contributed by atoms with E-state index >= 15 is 0 Å². The van der Waals surface area contributed by atoms with Crippen LogP contribution in [0.15, 0.2) is 79.4 Å². The second kappa shape index (κ2) is 6.70. The quantitative estimate of drug-likeness (QED) is 0.478. The van der Waals surface area contributed by atoms with Crippen LogP contribution in [0.5, 0.6) is 0 Å². The molecule has 2 aromatic heterocycles. The highest BCUT2D eigenvalue weighted by Crippen LogP contribution is 2.27. The van der Waals surface area contributed by atoms with Gasteiger partial charge in [-0.1, -0.05) is 60.7 Å². The number of hydrogen-bond donors (Lipinski definition) is 3. The molecule has 3 N–H and O–H groups in total. The van der Waals surface area contributed by atoms with Gasteiger partial charge in [0.2, 0.25) is 0 Å². The van der Waals surface area contributed by atoms with Gasteiger partial charge in [0.05, 0.1) is 36.2 Å². The van der Waals surface area contributed by atoms with Gasteiger partial charge in [-0.05, 0) is 22.3 Å². The topological polar surface area (TPSA) is 69.4 Å². The largest absolute Gasteiger partial charge is 0.345 e. The fourth-order valence-electron chi connectivity index (χ4n) is 3.39. The Bertz CT molecular complexity index is 1060. The molecule has 0 fully saturated rings. The van der Waals surface area contributed by atoms with Crippen molar-refractivity contribution in [1.82, 2.24) is 25.3 Å². The molecule has 5 nitrogen and oxygen atoms in total. The van der Waals surface area contributed by atoms with Gasteiger partial charge in [0.25, 0.3) is 0 Å². The molecule has 0 bridgehead atoms. The minimum Gasteiger partial charge on any atom is -0.345 e. The third-order valence-electron chi connectivity index (χ3n) is 4.90. The molecule has 0 saturated carbocycles. The average Bonchev–Trinajstić information content (AvgIpc) is 3.50. The zero-order chi connectivity index (χ0) is 18.1. The highest BCUT2D eigenvalue weighted by molar-refractivity contribution is 5.71. The maximum Gasteiger partial charge on any atom is 0.127 e. The number of nitrogens with zero attached hydrogens (tertiary/aromatic N) is 2. The molecule has 5 heteroatoms. The monoisotopic (exact) mass is 353 g/mol. The minimum atomic E-state index is 0.186. The van der Waals surface area contributed by atoms with Crippen LogP contribution in [0.2, 0.25) is 0 Å². The molecular weight excluding hydrogens is 334 g/mol. The van der Waals surface area contributed by atoms with Crippen LogP contribution in [0.25, 0.3) is 33.6 Å². The van der Waals surface area contributed by atoms with Crippen molar-refractivity contribution in [2.45, 2.75) is 6.04 Å². The second-order valence-corrected chi connectivity index (χ2v) is 6.62. The Morgan fingerprint density at radius 1 is 0.778 bits per heavy atom. The summed E-state index contributed by atoms with van der Waals surface area (Å²) in [6.45, 7) is 0.897. The maximum atomic E-state index is 4.51. The molecule has 132 valence electrons. The van der Waals surface area contributed by atoms with Crippen LogP contribution in [0.4, 0.5) is 0 Å². The van der Waals surface area contributed by atoms with E-state index in [0.717, 1.165) is 34.9 Å². The molecule has 0 spiro atoms. The van der Waals surface area contributed by atoms with E-state index in [2.05, 4.69) is 85.9 Å². The smallest absolute Gasteiger partial charge is 0.127 e. The van der Waals surface area contributed by atoms with Gasteiger partial charge in [-0.25, -0.2) is 9.97 Å². The van der Waals surface area contributed by atoms with Gasteiger partial charge in [0, 0.05) is 6.54 Å². The number of H-pyrrole nitrogens is 2. The van der Waals surface area contributed by atoms with E-state index in [9.17, 15) is 0 Å². The van der Waals surface area contributed by atoms with Gasteiger partial charge in [0.15, 0.2) is 0 Å². The highest BCUT2D eigenvalue weighted by atomic mass is 15.0. The van der Waals surface area contributed by atoms with E-state index < -0.39 is 0 Å². The maximum absolute atomic E-state index is 4.51. The molecule has 4 aromatic rings. The van der Waals surface area contributed by atoms with Crippen molar-refractivity contribution in [1.29, 1.82) is 0 Å². The van der Waals surface area contributed by atoms with Crippen molar-refractivity contribution in [2.75, 3.05) is 6.54 Å². The van der Waals surface area contributed by atoms with Gasteiger partial charge < -0.3 is 15.3 Å². The standard InChI is InChI=1S/C22H19N5/c1-2-19(24-11-1)22-25-13-21(27-22)18-9-5-16(6-10-18)15-3-7-17(8-4-15)20-12-23-14-26-20/h1-10,12-14,19,24H,11H2,(H,23,26)(H,25,27)/t19-/m0/s1. The van der Waals surface area contributed by atoms with Gasteiger partial charge in [-0.2, -0.15) is 0 Å². The first-order valence-corrected chi connectivity index (χ1v) is 9.01. The second-order valence-electron chi connectivity index (χ2n) is 6.62. The number of aromatic amines is 2. The van der Waals surface area contributed by atoms with Crippen molar-refractivity contribution in [3.8, 4) is 33.6 Å². The summed E-state index contributed by atoms with van der Waals surface area (Å²) in [4.78, 5) is 15.1. The lowest BCUT2D eigenvalue weighted by Gasteiger charge is -2.06. The summed E-state index contributed by atoms with van der Waals surface area (Å²) < 4.78 is 0. The molecule has 0 saturated heterocycles. The number of rotatable bonds is 4. The number of aromatic nitrogens is 4. The molecule has 3 heterocycles. The molecular formula is C22H19N5. The zero-order valence-electron chi connectivity index (χ0n) is 14.7. The summed E-state index contributed by atoms with van der Waals surface area (Å²) in [5.41, 5.74) is 6.71. The van der Waals surface area contributed by atoms with Crippen LogP contribution >= 0.6 is 0 Å². The minimum absolute atomic E-state index is 0.186. The van der Waals surface area contributed by atoms with Crippen LogP contribution in [0.1, 0.15) is 11.9 Å². The lowest BCUT2D eigenvalue weighted by atomic mass is 10.0. The molecule has 0 amide bonds. The van der Waals surface area contributed by atoms with Crippen molar-refractivity contribution in [3.63, 3.8) is 0 Å². The third-order valence-corrected chi connectivity index (χ3v) is 4.90. The summed E-state index contributed by atoms with van der Waals surface area (Å²) in [6, 6.07) is 17.2. The van der Waals surface area contributed by atoms with Crippen molar-refractivity contribution in [3.05, 3.63) is 85.2 Å². The fourth-order valence-corrected chi connectivity index (χ4v) is 3.39. The molecule has 0 aliphatic carbocycles. The first kappa shape index (κ1) is 15.8. The molecule has 1 aliphatic heterocycles. The number of imidazole rings is 2. The van der Waals surface area contributed by atoms with Crippen LogP contribution < -0.4 is 5.32 Å². The lowest BCUT2D eigenvalue weighted by molar-refractivity contribution is 0.677. The summed E-state index contributed by atoms with van der Waals surface area (Å²) in [5, 5.41) is 3.37. The number of hydrogen-bond acceptors (Lipinski definition) is 3. The summed E-state index contributed by atoms with van der Waals surface area (Å²) in [7, 11) is 0. The van der Waals surface area contributed by atoms with Crippen molar-refractivity contribution in [2.24, 2.45) is 0 Å². The molecule has 5 rings (SSSR count). The zero-order valence-corrected chi connectivity index (χ0v) is 14.7. The van der Waals surface area contributed by atoms with E-state index in [0.29, 0.717) is 0 Å². The number of benzene rings is 2. The van der Waals surface area contributed by atoms with E-state index in [4.69, 9.17) is 0 Å². The van der Waals surface area contributed by atoms with E-state index in [-0.39, 0.29) is 6.04 Å². The molecule has 1 atom stereocenters. The van der Waals surface area contributed by atoms with Gasteiger partial charge in [0.1, 0.15) is 5.82 Å². The fraction of sp³-hybridized carbons (Fsp3) is 0.0909. The first-order valence-electron chi connectivity index (χ1n) is 9.01. The van der Waals surface area contributed by atoms with Crippen LogP contribution in [-0.2, 0) is 0 Å². The third kappa shape index (κ3) is 3.09. The summed E-state index contributed by atoms with van der Waals surface area (Å²) in [5.74, 6) is 0.956. The van der Waals surface area contributed by atoms with E-state index in [1.807, 2.05) is 12.4 Å². The lowest BCUT2D eigenvalue weighted by Crippen LogP contribution is -2.14. The Morgan fingerprint density at radius 2 is 1.44 bits per heavy atom. The molecule has 1 aliphatic rings. The normalized spacial score (nSPS) is 16.1. The summed E-state index contributed by atoms with van der Waals surface area (Å²) >= 11 is 0.